The lowest BCUT2D eigenvalue weighted by atomic mass is 9.99. The van der Waals surface area contributed by atoms with Crippen molar-refractivity contribution in [2.75, 3.05) is 39.6 Å². The first-order valence-corrected chi connectivity index (χ1v) is 5.84. The number of aliphatic hydroxyl groups is 2. The maximum absolute atomic E-state index is 10.9. The van der Waals surface area contributed by atoms with Crippen molar-refractivity contribution >= 4 is 5.97 Å². The van der Waals surface area contributed by atoms with Gasteiger partial charge in [-0.15, -0.1) is 0 Å². The van der Waals surface area contributed by atoms with Crippen LogP contribution in [0.25, 0.3) is 0 Å². The minimum atomic E-state index is -0.673. The molecule has 0 rings (SSSR count). The van der Waals surface area contributed by atoms with Gasteiger partial charge >= 0.3 is 5.97 Å². The van der Waals surface area contributed by atoms with Gasteiger partial charge in [0.25, 0.3) is 0 Å². The molecular weight excluding hydrogens is 226 g/mol. The third-order valence-electron chi connectivity index (χ3n) is 2.55. The van der Waals surface area contributed by atoms with E-state index in [-0.39, 0.29) is 19.8 Å². The number of hydrogen-bond acceptors (Lipinski definition) is 6. The van der Waals surface area contributed by atoms with Gasteiger partial charge in [0.05, 0.1) is 32.0 Å². The van der Waals surface area contributed by atoms with Crippen LogP contribution in [0.5, 0.6) is 0 Å². The maximum atomic E-state index is 10.9. The molecule has 0 aliphatic heterocycles. The van der Waals surface area contributed by atoms with E-state index < -0.39 is 11.5 Å². The molecule has 0 bridgehead atoms. The first kappa shape index (κ1) is 16.3. The Hall–Kier alpha value is -0.690. The van der Waals surface area contributed by atoms with Gasteiger partial charge in [-0.2, -0.15) is 0 Å². The van der Waals surface area contributed by atoms with Gasteiger partial charge in [-0.1, -0.05) is 6.92 Å². The smallest absolute Gasteiger partial charge is 0.332 e. The SMILES string of the molecule is CCOC(=O)COCCNC(CC)(CO)CO. The molecule has 0 heterocycles. The minimum Gasteiger partial charge on any atom is -0.464 e. The van der Waals surface area contributed by atoms with E-state index in [1.807, 2.05) is 6.92 Å². The Morgan fingerprint density at radius 3 is 2.41 bits per heavy atom. The van der Waals surface area contributed by atoms with E-state index in [9.17, 15) is 4.79 Å². The second kappa shape index (κ2) is 9.35. The van der Waals surface area contributed by atoms with Gasteiger partial charge in [0, 0.05) is 6.54 Å². The first-order chi connectivity index (χ1) is 8.14. The van der Waals surface area contributed by atoms with E-state index in [1.54, 1.807) is 6.92 Å². The highest BCUT2D eigenvalue weighted by atomic mass is 16.6. The Kier molecular flexibility index (Phi) is 8.97. The van der Waals surface area contributed by atoms with Crippen LogP contribution < -0.4 is 5.32 Å². The lowest BCUT2D eigenvalue weighted by Crippen LogP contribution is -2.52. The van der Waals surface area contributed by atoms with Crippen molar-refractivity contribution in [1.82, 2.24) is 5.32 Å². The molecule has 0 aliphatic rings. The Labute approximate surface area is 102 Å². The number of esters is 1. The minimum absolute atomic E-state index is 0.0765. The van der Waals surface area contributed by atoms with Gasteiger partial charge in [-0.3, -0.25) is 0 Å². The predicted octanol–water partition coefficient (Wildman–Crippen LogP) is -0.711. The summed E-state index contributed by atoms with van der Waals surface area (Å²) in [6.45, 7) is 4.36. The van der Waals surface area contributed by atoms with Crippen molar-refractivity contribution in [2.45, 2.75) is 25.8 Å². The molecule has 6 heteroatoms. The highest BCUT2D eigenvalue weighted by molar-refractivity contribution is 5.70. The third-order valence-corrected chi connectivity index (χ3v) is 2.55. The predicted molar refractivity (Wildman–Crippen MR) is 62.6 cm³/mol. The normalized spacial score (nSPS) is 11.5. The number of carbonyl (C=O) groups excluding carboxylic acids is 1. The van der Waals surface area contributed by atoms with Crippen molar-refractivity contribution in [2.24, 2.45) is 0 Å². The molecule has 0 spiro atoms. The lowest BCUT2D eigenvalue weighted by molar-refractivity contribution is -0.148. The molecule has 0 unspecified atom stereocenters. The molecule has 0 radical (unpaired) electrons. The van der Waals surface area contributed by atoms with Gasteiger partial charge in [0.2, 0.25) is 0 Å². The van der Waals surface area contributed by atoms with Gasteiger partial charge in [0.15, 0.2) is 0 Å². The number of carbonyl (C=O) groups is 1. The van der Waals surface area contributed by atoms with Crippen molar-refractivity contribution < 1.29 is 24.5 Å². The van der Waals surface area contributed by atoms with Crippen LogP contribution in [0.15, 0.2) is 0 Å². The van der Waals surface area contributed by atoms with Crippen LogP contribution in [0.1, 0.15) is 20.3 Å². The van der Waals surface area contributed by atoms with Crippen LogP contribution in [-0.2, 0) is 14.3 Å². The number of ether oxygens (including phenoxy) is 2. The molecule has 0 aromatic rings. The number of nitrogens with one attached hydrogen (secondary N) is 1. The number of hydrogen-bond donors (Lipinski definition) is 3. The van der Waals surface area contributed by atoms with E-state index in [4.69, 9.17) is 14.9 Å². The van der Waals surface area contributed by atoms with Crippen LogP contribution in [0.4, 0.5) is 0 Å². The zero-order valence-electron chi connectivity index (χ0n) is 10.6. The fraction of sp³-hybridized carbons (Fsp3) is 0.909. The van der Waals surface area contributed by atoms with E-state index in [2.05, 4.69) is 10.1 Å². The van der Waals surface area contributed by atoms with Crippen LogP contribution in [0.2, 0.25) is 0 Å². The summed E-state index contributed by atoms with van der Waals surface area (Å²) < 4.78 is 9.77. The van der Waals surface area contributed by atoms with Gasteiger partial charge < -0.3 is 25.0 Å². The van der Waals surface area contributed by atoms with Crippen molar-refractivity contribution in [3.05, 3.63) is 0 Å². The van der Waals surface area contributed by atoms with Crippen LogP contribution in [0, 0.1) is 0 Å². The average molecular weight is 249 g/mol. The standard InChI is InChI=1S/C11H23NO5/c1-3-11(8-13,9-14)12-5-6-16-7-10(15)17-4-2/h12-14H,3-9H2,1-2H3. The largest absolute Gasteiger partial charge is 0.464 e. The quantitative estimate of drug-likeness (QED) is 0.350. The highest BCUT2D eigenvalue weighted by Crippen LogP contribution is 2.07. The van der Waals surface area contributed by atoms with E-state index in [1.165, 1.54) is 0 Å². The molecule has 0 fully saturated rings. The summed E-state index contributed by atoms with van der Waals surface area (Å²) in [5, 5.41) is 21.3. The van der Waals surface area contributed by atoms with E-state index in [0.29, 0.717) is 26.2 Å². The molecule has 17 heavy (non-hydrogen) atoms. The summed E-state index contributed by atoms with van der Waals surface area (Å²) in [6.07, 6.45) is 0.609. The zero-order valence-corrected chi connectivity index (χ0v) is 10.6. The van der Waals surface area contributed by atoms with Crippen molar-refractivity contribution in [3.8, 4) is 0 Å². The summed E-state index contributed by atoms with van der Waals surface area (Å²) >= 11 is 0. The Morgan fingerprint density at radius 1 is 1.29 bits per heavy atom. The van der Waals surface area contributed by atoms with Crippen LogP contribution in [0.3, 0.4) is 0 Å². The molecular formula is C11H23NO5. The van der Waals surface area contributed by atoms with Crippen LogP contribution in [-0.4, -0.2) is 61.3 Å². The second-order valence-electron chi connectivity index (χ2n) is 3.73. The fourth-order valence-electron chi connectivity index (χ4n) is 1.26. The van der Waals surface area contributed by atoms with Crippen LogP contribution >= 0.6 is 0 Å². The fourth-order valence-corrected chi connectivity index (χ4v) is 1.26. The summed E-state index contributed by atoms with van der Waals surface area (Å²) in [6, 6.07) is 0. The highest BCUT2D eigenvalue weighted by Gasteiger charge is 2.25. The zero-order chi connectivity index (χ0) is 13.1. The molecule has 0 aliphatic carbocycles. The molecule has 102 valence electrons. The second-order valence-corrected chi connectivity index (χ2v) is 3.73. The van der Waals surface area contributed by atoms with Gasteiger partial charge in [-0.05, 0) is 13.3 Å². The Bertz CT molecular complexity index is 198. The number of aliphatic hydroxyl groups excluding tert-OH is 2. The van der Waals surface area contributed by atoms with Crippen molar-refractivity contribution in [1.29, 1.82) is 0 Å². The Balaban J connectivity index is 3.65. The molecule has 0 aromatic carbocycles. The molecule has 0 saturated heterocycles. The molecule has 3 N–H and O–H groups in total. The lowest BCUT2D eigenvalue weighted by Gasteiger charge is -2.29. The maximum Gasteiger partial charge on any atom is 0.332 e. The summed E-state index contributed by atoms with van der Waals surface area (Å²) in [4.78, 5) is 10.9. The molecule has 0 amide bonds. The topological polar surface area (TPSA) is 88.0 Å². The first-order valence-electron chi connectivity index (χ1n) is 5.84. The summed E-state index contributed by atoms with van der Waals surface area (Å²) in [5.41, 5.74) is -0.673. The average Bonchev–Trinajstić information content (AvgIpc) is 2.35. The molecule has 6 nitrogen and oxygen atoms in total. The Morgan fingerprint density at radius 2 is 1.94 bits per heavy atom. The molecule has 0 aromatic heterocycles. The van der Waals surface area contributed by atoms with Gasteiger partial charge in [-0.25, -0.2) is 4.79 Å². The van der Waals surface area contributed by atoms with E-state index in [0.717, 1.165) is 0 Å². The third kappa shape index (κ3) is 6.58. The monoisotopic (exact) mass is 249 g/mol. The van der Waals surface area contributed by atoms with Gasteiger partial charge in [0.1, 0.15) is 6.61 Å². The molecule has 0 atom stereocenters. The van der Waals surface area contributed by atoms with E-state index >= 15 is 0 Å². The molecule has 0 saturated carbocycles. The summed E-state index contributed by atoms with van der Waals surface area (Å²) in [5.74, 6) is -0.390. The number of rotatable bonds is 10. The summed E-state index contributed by atoms with van der Waals surface area (Å²) in [7, 11) is 0. The van der Waals surface area contributed by atoms with Crippen molar-refractivity contribution in [3.63, 3.8) is 0 Å².